The average Bonchev–Trinajstić information content (AvgIpc) is 1.99. The summed E-state index contributed by atoms with van der Waals surface area (Å²) in [5.74, 6) is 0.504. The maximum absolute atomic E-state index is 9.85. The quantitative estimate of drug-likeness (QED) is 0.741. The van der Waals surface area contributed by atoms with Gasteiger partial charge in [0.15, 0.2) is 0 Å². The Bertz CT molecular complexity index is 336. The minimum atomic E-state index is -0.0650. The summed E-state index contributed by atoms with van der Waals surface area (Å²) in [7, 11) is 0. The van der Waals surface area contributed by atoms with E-state index in [0.717, 1.165) is 5.56 Å². The molecule has 0 saturated heterocycles. The van der Waals surface area contributed by atoms with Gasteiger partial charge in [-0.25, -0.2) is 0 Å². The van der Waals surface area contributed by atoms with E-state index in [-0.39, 0.29) is 22.8 Å². The molecule has 2 N–H and O–H groups in total. The number of aromatic hydroxyl groups is 2. The summed E-state index contributed by atoms with van der Waals surface area (Å²) < 4.78 is 0. The van der Waals surface area contributed by atoms with E-state index in [9.17, 15) is 10.2 Å². The van der Waals surface area contributed by atoms with Crippen molar-refractivity contribution < 1.29 is 10.2 Å². The molecule has 0 aliphatic carbocycles. The summed E-state index contributed by atoms with van der Waals surface area (Å²) in [6.07, 6.45) is 0. The molecule has 0 heterocycles. The number of phenols is 2. The third-order valence-electron chi connectivity index (χ3n) is 2.58. The van der Waals surface area contributed by atoms with Gasteiger partial charge < -0.3 is 10.2 Å². The molecule has 0 spiro atoms. The Morgan fingerprint density at radius 1 is 1.00 bits per heavy atom. The van der Waals surface area contributed by atoms with Gasteiger partial charge in [0.1, 0.15) is 11.5 Å². The van der Waals surface area contributed by atoms with Gasteiger partial charge in [0.2, 0.25) is 0 Å². The molecule has 84 valence electrons. The van der Waals surface area contributed by atoms with E-state index < -0.39 is 0 Å². The van der Waals surface area contributed by atoms with Gasteiger partial charge in [0.25, 0.3) is 0 Å². The molecule has 1 rings (SSSR count). The van der Waals surface area contributed by atoms with Gasteiger partial charge in [0.05, 0.1) is 0 Å². The molecule has 1 aromatic carbocycles. The van der Waals surface area contributed by atoms with Gasteiger partial charge in [-0.15, -0.1) is 0 Å². The second kappa shape index (κ2) is 3.76. The minimum absolute atomic E-state index is 0.0650. The number of rotatable bonds is 1. The van der Waals surface area contributed by atoms with Crippen LogP contribution >= 0.6 is 0 Å². The Kier molecular flexibility index (Phi) is 2.98. The second-order valence-electron chi connectivity index (χ2n) is 5.33. The molecule has 2 nitrogen and oxygen atoms in total. The maximum atomic E-state index is 9.85. The Hall–Kier alpha value is -1.18. The van der Waals surface area contributed by atoms with Crippen LogP contribution in [0.5, 0.6) is 11.5 Å². The average molecular weight is 208 g/mol. The van der Waals surface area contributed by atoms with Crippen LogP contribution in [0.1, 0.15) is 51.7 Å². The number of hydrogen-bond donors (Lipinski definition) is 2. The summed E-state index contributed by atoms with van der Waals surface area (Å²) >= 11 is 0. The highest BCUT2D eigenvalue weighted by Gasteiger charge is 2.19. The van der Waals surface area contributed by atoms with Crippen LogP contribution in [0, 0.1) is 0 Å². The summed E-state index contributed by atoms with van der Waals surface area (Å²) in [5.41, 5.74) is 1.51. The second-order valence-corrected chi connectivity index (χ2v) is 5.33. The van der Waals surface area contributed by atoms with E-state index in [1.54, 1.807) is 12.1 Å². The van der Waals surface area contributed by atoms with Crippen LogP contribution in [-0.2, 0) is 5.41 Å². The molecule has 1 aromatic rings. The molecule has 0 atom stereocenters. The molecule has 0 unspecified atom stereocenters. The SMILES string of the molecule is CC(C)c1c(O)cc(C(C)(C)C)cc1O. The first kappa shape index (κ1) is 11.9. The molecule has 0 radical (unpaired) electrons. The van der Waals surface area contributed by atoms with Crippen LogP contribution in [0.15, 0.2) is 12.1 Å². The van der Waals surface area contributed by atoms with Gasteiger partial charge >= 0.3 is 0 Å². The van der Waals surface area contributed by atoms with Crippen molar-refractivity contribution in [3.63, 3.8) is 0 Å². The lowest BCUT2D eigenvalue weighted by Crippen LogP contribution is -2.11. The fraction of sp³-hybridized carbons (Fsp3) is 0.538. The zero-order valence-corrected chi connectivity index (χ0v) is 10.1. The highest BCUT2D eigenvalue weighted by Crippen LogP contribution is 2.38. The van der Waals surface area contributed by atoms with Crippen molar-refractivity contribution in [2.75, 3.05) is 0 Å². The fourth-order valence-corrected chi connectivity index (χ4v) is 1.65. The number of hydrogen-bond acceptors (Lipinski definition) is 2. The van der Waals surface area contributed by atoms with Crippen LogP contribution in [0.4, 0.5) is 0 Å². The molecule has 0 aromatic heterocycles. The minimum Gasteiger partial charge on any atom is -0.508 e. The van der Waals surface area contributed by atoms with Crippen molar-refractivity contribution in [1.29, 1.82) is 0 Å². The third kappa shape index (κ3) is 2.44. The lowest BCUT2D eigenvalue weighted by Gasteiger charge is -2.21. The molecule has 0 amide bonds. The third-order valence-corrected chi connectivity index (χ3v) is 2.58. The van der Waals surface area contributed by atoms with Crippen LogP contribution in [0.2, 0.25) is 0 Å². The van der Waals surface area contributed by atoms with Crippen molar-refractivity contribution >= 4 is 0 Å². The number of phenolic OH excluding ortho intramolecular Hbond substituents is 2. The normalized spacial score (nSPS) is 12.1. The molecular weight excluding hydrogens is 188 g/mol. The summed E-state index contributed by atoms with van der Waals surface area (Å²) in [6, 6.07) is 3.49. The van der Waals surface area contributed by atoms with Crippen molar-refractivity contribution in [3.8, 4) is 11.5 Å². The number of benzene rings is 1. The highest BCUT2D eigenvalue weighted by atomic mass is 16.3. The molecular formula is C13H20O2. The molecule has 15 heavy (non-hydrogen) atoms. The molecule has 0 aliphatic heterocycles. The van der Waals surface area contributed by atoms with Gasteiger partial charge in [-0.2, -0.15) is 0 Å². The Morgan fingerprint density at radius 3 is 1.67 bits per heavy atom. The van der Waals surface area contributed by atoms with E-state index in [0.29, 0.717) is 5.56 Å². The van der Waals surface area contributed by atoms with Crippen molar-refractivity contribution in [3.05, 3.63) is 23.3 Å². The first-order valence-corrected chi connectivity index (χ1v) is 5.30. The highest BCUT2D eigenvalue weighted by molar-refractivity contribution is 5.49. The van der Waals surface area contributed by atoms with Crippen molar-refractivity contribution in [1.82, 2.24) is 0 Å². The zero-order valence-electron chi connectivity index (χ0n) is 10.1. The van der Waals surface area contributed by atoms with Crippen LogP contribution < -0.4 is 0 Å². The molecule has 0 bridgehead atoms. The summed E-state index contributed by atoms with van der Waals surface area (Å²) in [4.78, 5) is 0. The van der Waals surface area contributed by atoms with Crippen LogP contribution in [0.3, 0.4) is 0 Å². The predicted octanol–water partition coefficient (Wildman–Crippen LogP) is 3.52. The lowest BCUT2D eigenvalue weighted by atomic mass is 9.85. The largest absolute Gasteiger partial charge is 0.508 e. The van der Waals surface area contributed by atoms with E-state index in [4.69, 9.17) is 0 Å². The molecule has 2 heteroatoms. The Labute approximate surface area is 91.6 Å². The van der Waals surface area contributed by atoms with E-state index >= 15 is 0 Å². The maximum Gasteiger partial charge on any atom is 0.123 e. The molecule has 0 fully saturated rings. The summed E-state index contributed by atoms with van der Waals surface area (Å²) in [6.45, 7) is 10.1. The van der Waals surface area contributed by atoms with Crippen LogP contribution in [-0.4, -0.2) is 10.2 Å². The smallest absolute Gasteiger partial charge is 0.123 e. The van der Waals surface area contributed by atoms with Crippen molar-refractivity contribution in [2.45, 2.75) is 46.0 Å². The first-order valence-electron chi connectivity index (χ1n) is 5.30. The zero-order chi connectivity index (χ0) is 11.8. The Balaban J connectivity index is 3.32. The Morgan fingerprint density at radius 2 is 1.40 bits per heavy atom. The predicted molar refractivity (Wildman–Crippen MR) is 62.6 cm³/mol. The summed E-state index contributed by atoms with van der Waals surface area (Å²) in [5, 5.41) is 19.7. The van der Waals surface area contributed by atoms with Gasteiger partial charge in [-0.1, -0.05) is 34.6 Å². The lowest BCUT2D eigenvalue weighted by molar-refractivity contribution is 0.428. The molecule has 0 saturated carbocycles. The standard InChI is InChI=1S/C13H20O2/c1-8(2)12-10(14)6-9(7-11(12)15)13(3,4)5/h6-8,14-15H,1-5H3. The monoisotopic (exact) mass is 208 g/mol. The van der Waals surface area contributed by atoms with Gasteiger partial charge in [-0.05, 0) is 29.0 Å². The van der Waals surface area contributed by atoms with E-state index in [2.05, 4.69) is 20.8 Å². The van der Waals surface area contributed by atoms with Crippen molar-refractivity contribution in [2.24, 2.45) is 0 Å². The topological polar surface area (TPSA) is 40.5 Å². The van der Waals surface area contributed by atoms with Crippen LogP contribution in [0.25, 0.3) is 0 Å². The van der Waals surface area contributed by atoms with Gasteiger partial charge in [0, 0.05) is 5.56 Å². The van der Waals surface area contributed by atoms with E-state index in [1.807, 2.05) is 13.8 Å². The van der Waals surface area contributed by atoms with E-state index in [1.165, 1.54) is 0 Å². The fourth-order valence-electron chi connectivity index (χ4n) is 1.65. The van der Waals surface area contributed by atoms with Gasteiger partial charge in [-0.3, -0.25) is 0 Å². The molecule has 0 aliphatic rings. The first-order chi connectivity index (χ1) is 6.73.